The Morgan fingerprint density at radius 3 is 2.46 bits per heavy atom. The predicted molar refractivity (Wildman–Crippen MR) is 55.7 cm³/mol. The Labute approximate surface area is 88.0 Å². The number of hydrogen-bond acceptors (Lipinski definition) is 1. The van der Waals surface area contributed by atoms with Gasteiger partial charge in [0.05, 0.1) is 0 Å². The molecule has 0 fully saturated rings. The number of benzene rings is 1. The molecule has 0 saturated heterocycles. The summed E-state index contributed by atoms with van der Waals surface area (Å²) in [6.07, 6.45) is 2.07. The van der Waals surface area contributed by atoms with Gasteiger partial charge in [-0.05, 0) is 0 Å². The molecule has 0 aliphatic heterocycles. The fourth-order valence-electron chi connectivity index (χ4n) is 1.18. The molecule has 71 valence electrons. The van der Waals surface area contributed by atoms with E-state index in [-0.39, 0.29) is 5.00 Å². The fourth-order valence-corrected chi connectivity index (χ4v) is 1.47. The molecule has 13 heavy (non-hydrogen) atoms. The van der Waals surface area contributed by atoms with Crippen LogP contribution in [-0.4, -0.2) is 26.1 Å². The molecule has 0 heterocycles. The molecule has 0 spiro atoms. The summed E-state index contributed by atoms with van der Waals surface area (Å²) < 4.78 is 0. The first-order valence-electron chi connectivity index (χ1n) is 4.58. The summed E-state index contributed by atoms with van der Waals surface area (Å²) in [6, 6.07) is 10.4. The molecule has 0 aliphatic rings. The molecular formula is C11H15OSe. The van der Waals surface area contributed by atoms with Gasteiger partial charge in [-0.15, -0.1) is 0 Å². The van der Waals surface area contributed by atoms with Crippen LogP contribution >= 0.6 is 0 Å². The Bertz CT molecular complexity index is 233. The van der Waals surface area contributed by atoms with Crippen LogP contribution in [0.3, 0.4) is 0 Å². The maximum absolute atomic E-state index is 9.24. The third-order valence-electron chi connectivity index (χ3n) is 2.22. The zero-order chi connectivity index (χ0) is 9.68. The van der Waals surface area contributed by atoms with Crippen LogP contribution in [0, 0.1) is 5.92 Å². The molecule has 0 aliphatic carbocycles. The Hall–Kier alpha value is -0.301. The minimum atomic E-state index is -0.316. The third-order valence-corrected chi connectivity index (χ3v) is 3.19. The predicted octanol–water partition coefficient (Wildman–Crippen LogP) is 1.74. The molecule has 1 aromatic carbocycles. The second kappa shape index (κ2) is 5.43. The summed E-state index contributed by atoms with van der Waals surface area (Å²) in [5.74, 6) is 0.334. The molecule has 1 rings (SSSR count). The molecule has 2 heteroatoms. The first kappa shape index (κ1) is 10.8. The van der Waals surface area contributed by atoms with Crippen molar-refractivity contribution in [2.24, 2.45) is 5.92 Å². The number of hydrogen-bond donors (Lipinski definition) is 1. The number of aliphatic hydroxyl groups is 1. The number of aliphatic hydroxyl groups excluding tert-OH is 1. The molecule has 1 aromatic rings. The van der Waals surface area contributed by atoms with Crippen molar-refractivity contribution < 1.29 is 5.11 Å². The van der Waals surface area contributed by atoms with Crippen LogP contribution in [-0.2, 0) is 6.42 Å². The zero-order valence-corrected chi connectivity index (χ0v) is 9.52. The van der Waals surface area contributed by atoms with Crippen LogP contribution in [0.25, 0.3) is 0 Å². The second-order valence-electron chi connectivity index (χ2n) is 3.39. The van der Waals surface area contributed by atoms with Crippen LogP contribution < -0.4 is 0 Å². The minimum absolute atomic E-state index is 0.316. The summed E-state index contributed by atoms with van der Waals surface area (Å²) in [5, 5.41) is 8.93. The quantitative estimate of drug-likeness (QED) is 0.797. The molecule has 1 N–H and O–H groups in total. The van der Waals surface area contributed by atoms with Crippen molar-refractivity contribution >= 4 is 16.0 Å². The average Bonchev–Trinajstić information content (AvgIpc) is 2.15. The molecule has 0 bridgehead atoms. The maximum atomic E-state index is 9.24. The van der Waals surface area contributed by atoms with Crippen molar-refractivity contribution in [1.82, 2.24) is 0 Å². The molecule has 1 nitrogen and oxygen atoms in total. The van der Waals surface area contributed by atoms with Gasteiger partial charge in [0.2, 0.25) is 0 Å². The molecule has 0 aromatic heterocycles. The van der Waals surface area contributed by atoms with Crippen molar-refractivity contribution in [3.8, 4) is 0 Å². The van der Waals surface area contributed by atoms with E-state index >= 15 is 0 Å². The van der Waals surface area contributed by atoms with Crippen molar-refractivity contribution in [3.63, 3.8) is 0 Å². The zero-order valence-electron chi connectivity index (χ0n) is 7.81. The molecule has 2 atom stereocenters. The first-order chi connectivity index (χ1) is 6.20. The molecule has 1 radical (unpaired) electrons. The average molecular weight is 242 g/mol. The molecular weight excluding hydrogens is 227 g/mol. The fraction of sp³-hybridized carbons (Fsp3) is 0.455. The summed E-state index contributed by atoms with van der Waals surface area (Å²) >= 11 is 2.73. The van der Waals surface area contributed by atoms with Gasteiger partial charge in [-0.2, -0.15) is 0 Å². The summed E-state index contributed by atoms with van der Waals surface area (Å²) in [5.41, 5.74) is 1.34. The monoisotopic (exact) mass is 243 g/mol. The Morgan fingerprint density at radius 2 is 1.92 bits per heavy atom. The van der Waals surface area contributed by atoms with Gasteiger partial charge in [0.15, 0.2) is 0 Å². The summed E-state index contributed by atoms with van der Waals surface area (Å²) in [7, 11) is 0. The van der Waals surface area contributed by atoms with Crippen molar-refractivity contribution in [2.75, 3.05) is 0 Å². The van der Waals surface area contributed by atoms with Crippen molar-refractivity contribution in [2.45, 2.75) is 24.8 Å². The number of rotatable bonds is 4. The molecule has 1 unspecified atom stereocenters. The Balaban J connectivity index is 2.35. The van der Waals surface area contributed by atoms with E-state index in [1.165, 1.54) is 5.56 Å². The number of aryl methyl sites for hydroxylation is 1. The Kier molecular flexibility index (Phi) is 4.51. The van der Waals surface area contributed by atoms with E-state index in [1.54, 1.807) is 0 Å². The molecule has 0 amide bonds. The van der Waals surface area contributed by atoms with Gasteiger partial charge in [-0.1, -0.05) is 0 Å². The van der Waals surface area contributed by atoms with Gasteiger partial charge in [0, 0.05) is 0 Å². The van der Waals surface area contributed by atoms with E-state index in [2.05, 4.69) is 47.2 Å². The van der Waals surface area contributed by atoms with E-state index in [1.807, 2.05) is 6.07 Å². The summed E-state index contributed by atoms with van der Waals surface area (Å²) in [4.78, 5) is 0. The van der Waals surface area contributed by atoms with Gasteiger partial charge < -0.3 is 0 Å². The topological polar surface area (TPSA) is 20.2 Å². The van der Waals surface area contributed by atoms with E-state index < -0.39 is 0 Å². The van der Waals surface area contributed by atoms with Crippen molar-refractivity contribution in [1.29, 1.82) is 0 Å². The van der Waals surface area contributed by atoms with E-state index in [0.29, 0.717) is 5.92 Å². The van der Waals surface area contributed by atoms with Gasteiger partial charge in [-0.3, -0.25) is 0 Å². The van der Waals surface area contributed by atoms with Gasteiger partial charge in [0.25, 0.3) is 0 Å². The van der Waals surface area contributed by atoms with Gasteiger partial charge >= 0.3 is 87.7 Å². The Morgan fingerprint density at radius 1 is 1.31 bits per heavy atom. The molecule has 0 saturated carbocycles. The van der Waals surface area contributed by atoms with Crippen LogP contribution in [0.2, 0.25) is 0 Å². The summed E-state index contributed by atoms with van der Waals surface area (Å²) in [6.45, 7) is 2.06. The van der Waals surface area contributed by atoms with Gasteiger partial charge in [-0.25, -0.2) is 0 Å². The first-order valence-corrected chi connectivity index (χ1v) is 5.57. The van der Waals surface area contributed by atoms with Crippen LogP contribution in [0.4, 0.5) is 0 Å². The SMILES string of the molecule is CC(CCc1ccccc1)[C@@H](O)[Se]. The second-order valence-corrected chi connectivity index (χ2v) is 4.41. The third kappa shape index (κ3) is 3.95. The van der Waals surface area contributed by atoms with E-state index in [0.717, 1.165) is 12.8 Å². The van der Waals surface area contributed by atoms with E-state index in [9.17, 15) is 5.11 Å². The van der Waals surface area contributed by atoms with Crippen LogP contribution in [0.15, 0.2) is 30.3 Å². The van der Waals surface area contributed by atoms with Gasteiger partial charge in [0.1, 0.15) is 0 Å². The van der Waals surface area contributed by atoms with Crippen molar-refractivity contribution in [3.05, 3.63) is 35.9 Å². The van der Waals surface area contributed by atoms with Crippen LogP contribution in [0.5, 0.6) is 0 Å². The van der Waals surface area contributed by atoms with E-state index in [4.69, 9.17) is 0 Å². The normalized spacial score (nSPS) is 15.3. The standard InChI is InChI=1S/C11H15OSe/c1-9(11(12)13)7-8-10-5-3-2-4-6-10/h2-6,9,11-12H,7-8H2,1H3/t9?,11-/m0/s1. The van der Waals surface area contributed by atoms with Crippen LogP contribution in [0.1, 0.15) is 18.9 Å².